The highest BCUT2D eigenvalue weighted by molar-refractivity contribution is 4.80. The van der Waals surface area contributed by atoms with E-state index in [1.807, 2.05) is 0 Å². The van der Waals surface area contributed by atoms with Crippen molar-refractivity contribution in [3.05, 3.63) is 0 Å². The molecule has 0 aliphatic rings. The van der Waals surface area contributed by atoms with Gasteiger partial charge in [0.1, 0.15) is 61.0 Å². The smallest absolute Gasteiger partial charge is 0.111 e. The maximum atomic E-state index is 8.96. The summed E-state index contributed by atoms with van der Waals surface area (Å²) in [6.07, 6.45) is -16.2. The zero-order chi connectivity index (χ0) is 26.9. The van der Waals surface area contributed by atoms with Gasteiger partial charge in [-0.3, -0.25) is 0 Å². The third kappa shape index (κ3) is 15.8. The van der Waals surface area contributed by atoms with Gasteiger partial charge in [-0.25, -0.2) is 0 Å². The van der Waals surface area contributed by atoms with Gasteiger partial charge in [0.2, 0.25) is 0 Å². The summed E-state index contributed by atoms with van der Waals surface area (Å²) in [5, 5.41) is 138. The van der Waals surface area contributed by atoms with Crippen LogP contribution in [-0.4, -0.2) is 182 Å². The van der Waals surface area contributed by atoms with Gasteiger partial charge in [0.25, 0.3) is 0 Å². The number of aliphatic hydroxyl groups excluding tert-OH is 16. The van der Waals surface area contributed by atoms with Gasteiger partial charge >= 0.3 is 0 Å². The van der Waals surface area contributed by atoms with Crippen LogP contribution in [0.5, 0.6) is 0 Å². The van der Waals surface area contributed by atoms with E-state index in [9.17, 15) is 0 Å². The molecule has 0 heterocycles. The summed E-state index contributed by atoms with van der Waals surface area (Å²) in [4.78, 5) is 0. The average Bonchev–Trinajstić information content (AvgIpc) is 2.84. The minimum Gasteiger partial charge on any atom is -0.394 e. The molecular weight excluding hydrogens is 460 g/mol. The standard InChI is InChI=1S/C6H14O6.C6H14O5.C5H12O5/c7-1-3(9)5(11)6(12)4(10)2-8;1-3(8)5(10)6(11)4(9)2-7;6-1-3(8)5(10)4(9)2-7/h3-12H,1-2H2;3-11H,2H2,1H3;3-10H,1-2H2/t3-,4+,5-,6-;3-,4-,5-,6-;3-,4+,5?/m11./s1. The summed E-state index contributed by atoms with van der Waals surface area (Å²) in [6, 6.07) is 0. The monoisotopic (exact) mass is 500 g/mol. The van der Waals surface area contributed by atoms with Crippen molar-refractivity contribution in [2.45, 2.75) is 74.1 Å². The van der Waals surface area contributed by atoms with Gasteiger partial charge in [-0.05, 0) is 6.92 Å². The topological polar surface area (TPSA) is 324 Å². The highest BCUT2D eigenvalue weighted by Crippen LogP contribution is 2.04. The largest absolute Gasteiger partial charge is 0.394 e. The first-order valence-corrected chi connectivity index (χ1v) is 9.71. The lowest BCUT2D eigenvalue weighted by Crippen LogP contribution is -2.46. The van der Waals surface area contributed by atoms with Gasteiger partial charge in [-0.1, -0.05) is 0 Å². The summed E-state index contributed by atoms with van der Waals surface area (Å²) >= 11 is 0. The van der Waals surface area contributed by atoms with Crippen LogP contribution in [-0.2, 0) is 0 Å². The molecule has 0 aliphatic carbocycles. The lowest BCUT2D eigenvalue weighted by atomic mass is 10.0. The van der Waals surface area contributed by atoms with Crippen molar-refractivity contribution in [3.8, 4) is 0 Å². The fourth-order valence-corrected chi connectivity index (χ4v) is 1.76. The molecule has 0 fully saturated rings. The van der Waals surface area contributed by atoms with E-state index < -0.39 is 100 Å². The third-order valence-corrected chi connectivity index (χ3v) is 4.10. The van der Waals surface area contributed by atoms with Crippen molar-refractivity contribution in [1.29, 1.82) is 0 Å². The van der Waals surface area contributed by atoms with Gasteiger partial charge in [0.15, 0.2) is 0 Å². The Labute approximate surface area is 189 Å². The lowest BCUT2D eigenvalue weighted by molar-refractivity contribution is -0.123. The third-order valence-electron chi connectivity index (χ3n) is 4.10. The van der Waals surface area contributed by atoms with E-state index in [-0.39, 0.29) is 0 Å². The first-order chi connectivity index (χ1) is 15.2. The second-order valence-corrected chi connectivity index (χ2v) is 6.94. The Balaban J connectivity index is -0.000000411. The summed E-state index contributed by atoms with van der Waals surface area (Å²) in [6.45, 7) is -2.11. The summed E-state index contributed by atoms with van der Waals surface area (Å²) < 4.78 is 0. The maximum absolute atomic E-state index is 8.96. The van der Waals surface area contributed by atoms with Gasteiger partial charge in [0.05, 0.1) is 39.1 Å². The van der Waals surface area contributed by atoms with Crippen molar-refractivity contribution in [2.24, 2.45) is 0 Å². The number of hydrogen-bond donors (Lipinski definition) is 16. The Morgan fingerprint density at radius 2 is 0.515 bits per heavy atom. The van der Waals surface area contributed by atoms with E-state index in [4.69, 9.17) is 81.7 Å². The Kier molecular flexibility index (Phi) is 23.2. The normalized spacial score (nSPS) is 21.4. The highest BCUT2D eigenvalue weighted by atomic mass is 16.4. The first kappa shape index (κ1) is 36.9. The molecule has 1 unspecified atom stereocenters. The molecule has 16 nitrogen and oxygen atoms in total. The molecule has 11 atom stereocenters. The molecule has 0 amide bonds. The van der Waals surface area contributed by atoms with Crippen molar-refractivity contribution >= 4 is 0 Å². The van der Waals surface area contributed by atoms with Gasteiger partial charge < -0.3 is 81.7 Å². The minimum absolute atomic E-state index is 0.641. The second-order valence-electron chi connectivity index (χ2n) is 6.94. The fraction of sp³-hybridized carbons (Fsp3) is 1.00. The van der Waals surface area contributed by atoms with Crippen LogP contribution in [0, 0.1) is 0 Å². The van der Waals surface area contributed by atoms with Gasteiger partial charge in [-0.2, -0.15) is 0 Å². The molecule has 16 heteroatoms. The van der Waals surface area contributed by atoms with Crippen molar-refractivity contribution in [1.82, 2.24) is 0 Å². The van der Waals surface area contributed by atoms with E-state index >= 15 is 0 Å². The molecule has 0 rings (SSSR count). The molecule has 33 heavy (non-hydrogen) atoms. The van der Waals surface area contributed by atoms with E-state index in [0.717, 1.165) is 0 Å². The van der Waals surface area contributed by atoms with Crippen molar-refractivity contribution in [2.75, 3.05) is 33.0 Å². The Morgan fingerprint density at radius 3 is 0.697 bits per heavy atom. The van der Waals surface area contributed by atoms with Crippen LogP contribution in [0.25, 0.3) is 0 Å². The molecule has 0 saturated carbocycles. The van der Waals surface area contributed by atoms with Gasteiger partial charge in [-0.15, -0.1) is 0 Å². The molecule has 0 bridgehead atoms. The molecule has 0 aromatic heterocycles. The fourth-order valence-electron chi connectivity index (χ4n) is 1.76. The van der Waals surface area contributed by atoms with E-state index in [0.29, 0.717) is 0 Å². The average molecular weight is 500 g/mol. The molecule has 204 valence electrons. The first-order valence-electron chi connectivity index (χ1n) is 9.71. The predicted octanol–water partition coefficient (Wildman–Crippen LogP) is -9.09. The second kappa shape index (κ2) is 20.7. The summed E-state index contributed by atoms with van der Waals surface area (Å²) in [5.74, 6) is 0. The minimum atomic E-state index is -1.67. The van der Waals surface area contributed by atoms with Crippen molar-refractivity contribution < 1.29 is 81.7 Å². The van der Waals surface area contributed by atoms with Crippen LogP contribution < -0.4 is 0 Å². The van der Waals surface area contributed by atoms with E-state index in [2.05, 4.69) is 0 Å². The summed E-state index contributed by atoms with van der Waals surface area (Å²) in [5.41, 5.74) is 0. The Bertz CT molecular complexity index is 406. The van der Waals surface area contributed by atoms with Gasteiger partial charge in [0, 0.05) is 0 Å². The molecule has 0 spiro atoms. The quantitative estimate of drug-likeness (QED) is 0.111. The van der Waals surface area contributed by atoms with E-state index in [1.54, 1.807) is 0 Å². The lowest BCUT2D eigenvalue weighted by Gasteiger charge is -2.24. The molecule has 0 aromatic carbocycles. The Morgan fingerprint density at radius 1 is 0.333 bits per heavy atom. The summed E-state index contributed by atoms with van der Waals surface area (Å²) in [7, 11) is 0. The van der Waals surface area contributed by atoms with Crippen LogP contribution in [0.4, 0.5) is 0 Å². The number of aliphatic hydroxyl groups is 16. The molecule has 0 saturated heterocycles. The predicted molar refractivity (Wildman–Crippen MR) is 107 cm³/mol. The Hall–Kier alpha value is -0.640. The highest BCUT2D eigenvalue weighted by Gasteiger charge is 2.29. The maximum Gasteiger partial charge on any atom is 0.111 e. The van der Waals surface area contributed by atoms with Crippen LogP contribution in [0.1, 0.15) is 6.92 Å². The zero-order valence-corrected chi connectivity index (χ0v) is 18.0. The number of rotatable bonds is 13. The molecule has 0 radical (unpaired) electrons. The molecular formula is C17H40O16. The van der Waals surface area contributed by atoms with Crippen LogP contribution in [0.15, 0.2) is 0 Å². The molecule has 16 N–H and O–H groups in total. The molecule has 0 aromatic rings. The molecule has 0 aliphatic heterocycles. The SMILES string of the molecule is C[C@@H](O)[C@@H](O)[C@H](O)[C@H](O)CO.OC[C@@H](O)C(O)[C@@H](O)CO.OC[C@@H](O)[C@@H](O)[C@H](O)[C@@H](O)CO. The van der Waals surface area contributed by atoms with Crippen LogP contribution >= 0.6 is 0 Å². The van der Waals surface area contributed by atoms with Crippen molar-refractivity contribution in [3.63, 3.8) is 0 Å². The van der Waals surface area contributed by atoms with E-state index in [1.165, 1.54) is 6.92 Å². The van der Waals surface area contributed by atoms with Crippen LogP contribution in [0.3, 0.4) is 0 Å². The van der Waals surface area contributed by atoms with Crippen LogP contribution in [0.2, 0.25) is 0 Å². The zero-order valence-electron chi connectivity index (χ0n) is 18.0. The number of hydrogen-bond acceptors (Lipinski definition) is 16.